The summed E-state index contributed by atoms with van der Waals surface area (Å²) in [7, 11) is -1.23. The minimum absolute atomic E-state index is 0.923. The quantitative estimate of drug-likeness (QED) is 0.723. The maximum Gasteiger partial charge on any atom is 0.208 e. The maximum atomic E-state index is 5.90. The fraction of sp³-hybridized carbons (Fsp3) is 0.286. The van der Waals surface area contributed by atoms with Gasteiger partial charge in [0.25, 0.3) is 0 Å². The van der Waals surface area contributed by atoms with E-state index in [-0.39, 0.29) is 0 Å². The van der Waals surface area contributed by atoms with E-state index >= 15 is 0 Å². The summed E-state index contributed by atoms with van der Waals surface area (Å²) in [6.45, 7) is 9.02. The van der Waals surface area contributed by atoms with E-state index in [0.29, 0.717) is 0 Å². The molecule has 1 unspecified atom stereocenters. The standard InChI is InChI=1S/C14H18OSi/c1-3-13-8-4-5-9-14(13)12(2)16-11-7-6-10-15-16/h3-5,8-9,16H,1-2,6-7,10-11H2. The zero-order valence-electron chi connectivity index (χ0n) is 9.61. The van der Waals surface area contributed by atoms with Crippen molar-refractivity contribution in [3.05, 3.63) is 48.6 Å². The van der Waals surface area contributed by atoms with Gasteiger partial charge in [0.05, 0.1) is 0 Å². The highest BCUT2D eigenvalue weighted by molar-refractivity contribution is 6.73. The summed E-state index contributed by atoms with van der Waals surface area (Å²) in [5, 5.41) is 1.23. The third-order valence-electron chi connectivity index (χ3n) is 3.10. The van der Waals surface area contributed by atoms with E-state index in [2.05, 4.69) is 31.4 Å². The monoisotopic (exact) mass is 230 g/mol. The zero-order valence-corrected chi connectivity index (χ0v) is 10.8. The third kappa shape index (κ3) is 2.34. The molecule has 1 nitrogen and oxygen atoms in total. The molecule has 0 saturated carbocycles. The number of rotatable bonds is 3. The largest absolute Gasteiger partial charge is 0.415 e. The van der Waals surface area contributed by atoms with E-state index in [0.717, 1.165) is 6.61 Å². The first-order valence-electron chi connectivity index (χ1n) is 5.85. The average molecular weight is 230 g/mol. The molecule has 1 saturated heterocycles. The Hall–Kier alpha value is -1.12. The number of benzene rings is 1. The molecular formula is C14H18OSi. The Morgan fingerprint density at radius 2 is 2.12 bits per heavy atom. The van der Waals surface area contributed by atoms with Crippen molar-refractivity contribution in [1.82, 2.24) is 0 Å². The summed E-state index contributed by atoms with van der Waals surface area (Å²) in [5.41, 5.74) is 2.41. The molecule has 0 aromatic heterocycles. The van der Waals surface area contributed by atoms with Gasteiger partial charge in [0, 0.05) is 6.61 Å². The van der Waals surface area contributed by atoms with Crippen LogP contribution >= 0.6 is 0 Å². The van der Waals surface area contributed by atoms with Crippen LogP contribution < -0.4 is 0 Å². The van der Waals surface area contributed by atoms with Gasteiger partial charge in [0.1, 0.15) is 0 Å². The van der Waals surface area contributed by atoms with E-state index in [1.807, 2.05) is 12.1 Å². The van der Waals surface area contributed by atoms with Crippen LogP contribution in [-0.4, -0.2) is 15.6 Å². The second-order valence-electron chi connectivity index (χ2n) is 4.17. The predicted molar refractivity (Wildman–Crippen MR) is 72.7 cm³/mol. The third-order valence-corrected chi connectivity index (χ3v) is 5.75. The molecule has 1 heterocycles. The first kappa shape index (κ1) is 11.4. The molecule has 0 bridgehead atoms. The second kappa shape index (κ2) is 5.28. The van der Waals surface area contributed by atoms with Gasteiger partial charge in [0.2, 0.25) is 9.04 Å². The van der Waals surface area contributed by atoms with E-state index in [1.54, 1.807) is 0 Å². The van der Waals surface area contributed by atoms with Gasteiger partial charge in [-0.2, -0.15) is 0 Å². The molecule has 16 heavy (non-hydrogen) atoms. The fourth-order valence-electron chi connectivity index (χ4n) is 2.16. The number of hydrogen-bond donors (Lipinski definition) is 0. The highest BCUT2D eigenvalue weighted by atomic mass is 28.3. The lowest BCUT2D eigenvalue weighted by atomic mass is 10.1. The molecule has 1 aromatic rings. The van der Waals surface area contributed by atoms with Crippen LogP contribution in [0.15, 0.2) is 37.4 Å². The van der Waals surface area contributed by atoms with Gasteiger partial charge in [-0.3, -0.25) is 0 Å². The minimum atomic E-state index is -1.23. The minimum Gasteiger partial charge on any atom is -0.415 e. The lowest BCUT2D eigenvalue weighted by Crippen LogP contribution is -2.25. The van der Waals surface area contributed by atoms with Gasteiger partial charge in [-0.05, 0) is 28.8 Å². The van der Waals surface area contributed by atoms with Crippen LogP contribution in [0.2, 0.25) is 6.04 Å². The molecule has 1 atom stereocenters. The smallest absolute Gasteiger partial charge is 0.208 e. The van der Waals surface area contributed by atoms with Crippen LogP contribution in [-0.2, 0) is 4.43 Å². The van der Waals surface area contributed by atoms with E-state index in [4.69, 9.17) is 4.43 Å². The van der Waals surface area contributed by atoms with Crippen LogP contribution in [0.4, 0.5) is 0 Å². The van der Waals surface area contributed by atoms with Crippen molar-refractivity contribution in [3.63, 3.8) is 0 Å². The van der Waals surface area contributed by atoms with E-state index in [1.165, 1.54) is 35.2 Å². The number of hydrogen-bond acceptors (Lipinski definition) is 1. The second-order valence-corrected chi connectivity index (χ2v) is 6.76. The molecular weight excluding hydrogens is 212 g/mol. The molecule has 1 aromatic carbocycles. The van der Waals surface area contributed by atoms with Crippen LogP contribution in [0.1, 0.15) is 24.0 Å². The first-order valence-corrected chi connectivity index (χ1v) is 7.71. The fourth-order valence-corrected chi connectivity index (χ4v) is 4.59. The Morgan fingerprint density at radius 1 is 1.31 bits per heavy atom. The molecule has 2 heteroatoms. The van der Waals surface area contributed by atoms with Crippen LogP contribution in [0, 0.1) is 0 Å². The summed E-state index contributed by atoms with van der Waals surface area (Å²) in [4.78, 5) is 0. The Labute approximate surface area is 99.2 Å². The Morgan fingerprint density at radius 3 is 2.81 bits per heavy atom. The van der Waals surface area contributed by atoms with Gasteiger partial charge in [0.15, 0.2) is 0 Å². The summed E-state index contributed by atoms with van der Waals surface area (Å²) in [5.74, 6) is 0. The Kier molecular flexibility index (Phi) is 3.75. The van der Waals surface area contributed by atoms with Crippen molar-refractivity contribution in [2.75, 3.05) is 6.61 Å². The molecule has 1 aliphatic rings. The molecule has 1 fully saturated rings. The maximum absolute atomic E-state index is 5.90. The van der Waals surface area contributed by atoms with Gasteiger partial charge < -0.3 is 4.43 Å². The molecule has 0 spiro atoms. The SMILES string of the molecule is C=Cc1ccccc1C(=C)[SiH]1CCCCO1. The molecule has 0 amide bonds. The Balaban J connectivity index is 2.22. The summed E-state index contributed by atoms with van der Waals surface area (Å²) in [6, 6.07) is 9.54. The van der Waals surface area contributed by atoms with Crippen LogP contribution in [0.25, 0.3) is 11.3 Å². The lowest BCUT2D eigenvalue weighted by Gasteiger charge is -2.24. The molecule has 0 aliphatic carbocycles. The average Bonchev–Trinajstić information content (AvgIpc) is 2.39. The first-order chi connectivity index (χ1) is 7.83. The van der Waals surface area contributed by atoms with E-state index < -0.39 is 9.04 Å². The molecule has 0 N–H and O–H groups in total. The zero-order chi connectivity index (χ0) is 11.4. The summed E-state index contributed by atoms with van der Waals surface area (Å²) < 4.78 is 5.90. The lowest BCUT2D eigenvalue weighted by molar-refractivity contribution is 0.295. The van der Waals surface area contributed by atoms with E-state index in [9.17, 15) is 0 Å². The highest BCUT2D eigenvalue weighted by Gasteiger charge is 2.21. The summed E-state index contributed by atoms with van der Waals surface area (Å²) in [6.07, 6.45) is 4.41. The Bertz CT molecular complexity index is 391. The van der Waals surface area contributed by atoms with Crippen molar-refractivity contribution in [1.29, 1.82) is 0 Å². The molecule has 84 valence electrons. The van der Waals surface area contributed by atoms with Gasteiger partial charge in [-0.1, -0.05) is 49.9 Å². The normalized spacial score (nSPS) is 20.4. The van der Waals surface area contributed by atoms with Gasteiger partial charge in [-0.25, -0.2) is 0 Å². The van der Waals surface area contributed by atoms with Crippen molar-refractivity contribution in [2.45, 2.75) is 18.9 Å². The van der Waals surface area contributed by atoms with Gasteiger partial charge in [-0.15, -0.1) is 0 Å². The summed E-state index contributed by atoms with van der Waals surface area (Å²) >= 11 is 0. The van der Waals surface area contributed by atoms with Crippen molar-refractivity contribution >= 4 is 20.3 Å². The van der Waals surface area contributed by atoms with Crippen LogP contribution in [0.3, 0.4) is 0 Å². The molecule has 2 rings (SSSR count). The topological polar surface area (TPSA) is 9.23 Å². The predicted octanol–water partition coefficient (Wildman–Crippen LogP) is 3.42. The van der Waals surface area contributed by atoms with Gasteiger partial charge >= 0.3 is 0 Å². The van der Waals surface area contributed by atoms with Crippen molar-refractivity contribution < 1.29 is 4.43 Å². The highest BCUT2D eigenvalue weighted by Crippen LogP contribution is 2.26. The van der Waals surface area contributed by atoms with Crippen molar-refractivity contribution in [2.24, 2.45) is 0 Å². The van der Waals surface area contributed by atoms with Crippen molar-refractivity contribution in [3.8, 4) is 0 Å². The molecule has 0 radical (unpaired) electrons. The molecule has 1 aliphatic heterocycles. The van der Waals surface area contributed by atoms with Crippen LogP contribution in [0.5, 0.6) is 0 Å².